The van der Waals surface area contributed by atoms with Crippen molar-refractivity contribution >= 4 is 17.5 Å². The molecular formula is C10H13N3O3. The van der Waals surface area contributed by atoms with E-state index in [1.165, 1.54) is 7.05 Å². The molecule has 16 heavy (non-hydrogen) atoms. The van der Waals surface area contributed by atoms with Crippen LogP contribution in [0.15, 0.2) is 17.3 Å². The number of nitrogens with zero attached hydrogens (tertiary/aromatic N) is 3. The highest BCUT2D eigenvalue weighted by molar-refractivity contribution is 6.52. The summed E-state index contributed by atoms with van der Waals surface area (Å²) in [5, 5.41) is 5.03. The summed E-state index contributed by atoms with van der Waals surface area (Å²) < 4.78 is 5.15. The standard InChI is InChI=1S/C10H13N3O3/c1-7-8(11-12(2)9(7)14)10(15)13-3-5-16-6-4-13/h1,3-6H2,2H3. The number of ether oxygens (including phenoxy) is 1. The van der Waals surface area contributed by atoms with E-state index in [1.54, 1.807) is 4.90 Å². The fraction of sp³-hybridized carbons (Fsp3) is 0.500. The van der Waals surface area contributed by atoms with E-state index in [9.17, 15) is 9.59 Å². The number of carbonyl (C=O) groups is 2. The van der Waals surface area contributed by atoms with Gasteiger partial charge in [0.15, 0.2) is 5.71 Å². The van der Waals surface area contributed by atoms with Crippen LogP contribution in [0, 0.1) is 0 Å². The van der Waals surface area contributed by atoms with Crippen LogP contribution in [-0.2, 0) is 14.3 Å². The van der Waals surface area contributed by atoms with Crippen molar-refractivity contribution in [2.24, 2.45) is 5.10 Å². The molecule has 0 bridgehead atoms. The Hall–Kier alpha value is -1.69. The van der Waals surface area contributed by atoms with Crippen molar-refractivity contribution in [3.8, 4) is 0 Å². The van der Waals surface area contributed by atoms with Crippen molar-refractivity contribution < 1.29 is 14.3 Å². The highest BCUT2D eigenvalue weighted by Gasteiger charge is 2.33. The number of morpholine rings is 1. The Kier molecular flexibility index (Phi) is 2.74. The van der Waals surface area contributed by atoms with Crippen LogP contribution >= 0.6 is 0 Å². The molecule has 2 rings (SSSR count). The largest absolute Gasteiger partial charge is 0.378 e. The molecule has 0 atom stereocenters. The fourth-order valence-corrected chi connectivity index (χ4v) is 1.64. The third-order valence-corrected chi connectivity index (χ3v) is 2.59. The van der Waals surface area contributed by atoms with Crippen molar-refractivity contribution in [2.45, 2.75) is 0 Å². The van der Waals surface area contributed by atoms with Gasteiger partial charge >= 0.3 is 0 Å². The molecule has 6 heteroatoms. The Morgan fingerprint density at radius 2 is 2.06 bits per heavy atom. The maximum absolute atomic E-state index is 12.0. The second kappa shape index (κ2) is 4.05. The molecule has 2 amide bonds. The van der Waals surface area contributed by atoms with Crippen LogP contribution in [0.3, 0.4) is 0 Å². The lowest BCUT2D eigenvalue weighted by atomic mass is 10.1. The highest BCUT2D eigenvalue weighted by Crippen LogP contribution is 2.13. The average molecular weight is 223 g/mol. The smallest absolute Gasteiger partial charge is 0.275 e. The predicted molar refractivity (Wildman–Crippen MR) is 56.7 cm³/mol. The number of rotatable bonds is 1. The number of hydrazone groups is 1. The molecule has 2 aliphatic rings. The Labute approximate surface area is 93.1 Å². The van der Waals surface area contributed by atoms with Gasteiger partial charge in [0.1, 0.15) is 0 Å². The second-order valence-corrected chi connectivity index (χ2v) is 3.66. The van der Waals surface area contributed by atoms with Crippen molar-refractivity contribution in [1.29, 1.82) is 0 Å². The van der Waals surface area contributed by atoms with Gasteiger partial charge in [0.05, 0.1) is 18.8 Å². The summed E-state index contributed by atoms with van der Waals surface area (Å²) in [6, 6.07) is 0. The van der Waals surface area contributed by atoms with E-state index in [1.807, 2.05) is 0 Å². The quantitative estimate of drug-likeness (QED) is 0.548. The van der Waals surface area contributed by atoms with Gasteiger partial charge in [0.2, 0.25) is 0 Å². The molecule has 2 heterocycles. The number of carbonyl (C=O) groups excluding carboxylic acids is 2. The first kappa shape index (κ1) is 10.8. The summed E-state index contributed by atoms with van der Waals surface area (Å²) in [4.78, 5) is 25.0. The minimum Gasteiger partial charge on any atom is -0.378 e. The van der Waals surface area contributed by atoms with Crippen LogP contribution < -0.4 is 0 Å². The van der Waals surface area contributed by atoms with Gasteiger partial charge < -0.3 is 9.64 Å². The maximum atomic E-state index is 12.0. The average Bonchev–Trinajstić information content (AvgIpc) is 2.57. The Morgan fingerprint density at radius 1 is 1.44 bits per heavy atom. The van der Waals surface area contributed by atoms with Gasteiger partial charge in [-0.3, -0.25) is 9.59 Å². The lowest BCUT2D eigenvalue weighted by Gasteiger charge is -2.26. The van der Waals surface area contributed by atoms with Crippen LogP contribution in [-0.4, -0.2) is 60.8 Å². The Balaban J connectivity index is 2.13. The lowest BCUT2D eigenvalue weighted by Crippen LogP contribution is -2.44. The molecule has 2 aliphatic heterocycles. The van der Waals surface area contributed by atoms with E-state index >= 15 is 0 Å². The Morgan fingerprint density at radius 3 is 2.56 bits per heavy atom. The van der Waals surface area contributed by atoms with Gasteiger partial charge in [0, 0.05) is 20.1 Å². The van der Waals surface area contributed by atoms with E-state index in [2.05, 4.69) is 11.7 Å². The van der Waals surface area contributed by atoms with E-state index in [0.717, 1.165) is 5.01 Å². The van der Waals surface area contributed by atoms with Crippen LogP contribution in [0.1, 0.15) is 0 Å². The molecule has 0 spiro atoms. The van der Waals surface area contributed by atoms with Gasteiger partial charge in [-0.05, 0) is 0 Å². The minimum atomic E-state index is -0.323. The zero-order chi connectivity index (χ0) is 11.7. The van der Waals surface area contributed by atoms with Gasteiger partial charge in [-0.1, -0.05) is 6.58 Å². The summed E-state index contributed by atoms with van der Waals surface area (Å²) in [6.07, 6.45) is 0. The van der Waals surface area contributed by atoms with Gasteiger partial charge in [-0.25, -0.2) is 5.01 Å². The topological polar surface area (TPSA) is 62.2 Å². The number of hydrogen-bond donors (Lipinski definition) is 0. The monoisotopic (exact) mass is 223 g/mol. The summed E-state index contributed by atoms with van der Waals surface area (Å²) in [5.41, 5.74) is 0.313. The molecule has 0 radical (unpaired) electrons. The first-order valence-corrected chi connectivity index (χ1v) is 5.04. The van der Waals surface area contributed by atoms with Crippen molar-refractivity contribution in [2.75, 3.05) is 33.4 Å². The number of likely N-dealkylation sites (N-methyl/N-ethyl adjacent to an activating group) is 1. The fourth-order valence-electron chi connectivity index (χ4n) is 1.64. The zero-order valence-electron chi connectivity index (χ0n) is 9.10. The van der Waals surface area contributed by atoms with Crippen LogP contribution in [0.2, 0.25) is 0 Å². The van der Waals surface area contributed by atoms with Crippen molar-refractivity contribution in [3.05, 3.63) is 12.2 Å². The predicted octanol–water partition coefficient (Wildman–Crippen LogP) is -0.771. The van der Waals surface area contributed by atoms with Crippen LogP contribution in [0.5, 0.6) is 0 Å². The molecule has 6 nitrogen and oxygen atoms in total. The number of amides is 2. The summed E-state index contributed by atoms with van der Waals surface area (Å²) in [6.45, 7) is 5.69. The summed E-state index contributed by atoms with van der Waals surface area (Å²) >= 11 is 0. The zero-order valence-corrected chi connectivity index (χ0v) is 9.10. The second-order valence-electron chi connectivity index (χ2n) is 3.66. The van der Waals surface area contributed by atoms with Gasteiger partial charge in [0.25, 0.3) is 11.8 Å². The van der Waals surface area contributed by atoms with Gasteiger partial charge in [-0.15, -0.1) is 0 Å². The molecule has 1 saturated heterocycles. The van der Waals surface area contributed by atoms with Gasteiger partial charge in [-0.2, -0.15) is 5.10 Å². The van der Waals surface area contributed by atoms with E-state index in [-0.39, 0.29) is 23.1 Å². The molecule has 0 N–H and O–H groups in total. The molecule has 0 aromatic heterocycles. The van der Waals surface area contributed by atoms with Crippen LogP contribution in [0.25, 0.3) is 0 Å². The third-order valence-electron chi connectivity index (χ3n) is 2.59. The van der Waals surface area contributed by atoms with Crippen LogP contribution in [0.4, 0.5) is 0 Å². The first-order chi connectivity index (χ1) is 7.61. The molecule has 1 fully saturated rings. The molecular weight excluding hydrogens is 210 g/mol. The highest BCUT2D eigenvalue weighted by atomic mass is 16.5. The summed E-state index contributed by atoms with van der Waals surface area (Å²) in [5.74, 6) is -0.567. The molecule has 0 unspecified atom stereocenters. The lowest BCUT2D eigenvalue weighted by molar-refractivity contribution is -0.128. The molecule has 0 aliphatic carbocycles. The normalized spacial score (nSPS) is 21.4. The Bertz CT molecular complexity index is 383. The van der Waals surface area contributed by atoms with Crippen molar-refractivity contribution in [3.63, 3.8) is 0 Å². The van der Waals surface area contributed by atoms with E-state index in [4.69, 9.17) is 4.74 Å². The summed E-state index contributed by atoms with van der Waals surface area (Å²) in [7, 11) is 1.51. The molecule has 0 aromatic rings. The molecule has 0 saturated carbocycles. The third kappa shape index (κ3) is 1.71. The van der Waals surface area contributed by atoms with E-state index in [0.29, 0.717) is 26.3 Å². The van der Waals surface area contributed by atoms with E-state index < -0.39 is 0 Å². The minimum absolute atomic E-state index is 0.148. The SMILES string of the molecule is C=C1C(=O)N(C)N=C1C(=O)N1CCOCC1. The molecule has 0 aromatic carbocycles. The van der Waals surface area contributed by atoms with Crippen molar-refractivity contribution in [1.82, 2.24) is 9.91 Å². The maximum Gasteiger partial charge on any atom is 0.275 e. The first-order valence-electron chi connectivity index (χ1n) is 5.04. The number of hydrogen-bond acceptors (Lipinski definition) is 4. The molecule has 86 valence electrons.